The third kappa shape index (κ3) is 2.20. The number of hydrogen-bond acceptors (Lipinski definition) is 5. The predicted octanol–water partition coefficient (Wildman–Crippen LogP) is 3.00. The molecule has 0 amide bonds. The Morgan fingerprint density at radius 3 is 2.95 bits per heavy atom. The van der Waals surface area contributed by atoms with Crippen molar-refractivity contribution in [1.29, 1.82) is 0 Å². The highest BCUT2D eigenvalue weighted by Crippen LogP contribution is 2.29. The molecule has 5 heteroatoms. The Morgan fingerprint density at radius 1 is 1.14 bits per heavy atom. The number of phenols is 1. The molecule has 110 valence electrons. The smallest absolute Gasteiger partial charge is 0.226 e. The number of phenolic OH excluding ortho intramolecular Hbond substituents is 1. The van der Waals surface area contributed by atoms with E-state index in [1.54, 1.807) is 18.5 Å². The van der Waals surface area contributed by atoms with Crippen molar-refractivity contribution in [3.05, 3.63) is 60.0 Å². The van der Waals surface area contributed by atoms with Crippen molar-refractivity contribution in [2.75, 3.05) is 11.4 Å². The second-order valence-electron chi connectivity index (χ2n) is 5.31. The van der Waals surface area contributed by atoms with Gasteiger partial charge in [0.15, 0.2) is 5.76 Å². The first kappa shape index (κ1) is 12.9. The number of aromatic hydroxyl groups is 1. The van der Waals surface area contributed by atoms with Crippen LogP contribution in [0.1, 0.15) is 11.1 Å². The van der Waals surface area contributed by atoms with E-state index in [2.05, 4.69) is 14.9 Å². The third-order valence-corrected chi connectivity index (χ3v) is 3.94. The van der Waals surface area contributed by atoms with E-state index in [1.165, 1.54) is 0 Å². The van der Waals surface area contributed by atoms with Crippen LogP contribution < -0.4 is 4.90 Å². The summed E-state index contributed by atoms with van der Waals surface area (Å²) in [4.78, 5) is 11.1. The van der Waals surface area contributed by atoms with Gasteiger partial charge in [-0.15, -0.1) is 0 Å². The monoisotopic (exact) mass is 293 g/mol. The maximum atomic E-state index is 9.92. The van der Waals surface area contributed by atoms with E-state index in [0.717, 1.165) is 35.5 Å². The summed E-state index contributed by atoms with van der Waals surface area (Å²) in [6.07, 6.45) is 4.17. The first-order valence-electron chi connectivity index (χ1n) is 7.23. The fourth-order valence-electron chi connectivity index (χ4n) is 2.82. The predicted molar refractivity (Wildman–Crippen MR) is 82.6 cm³/mol. The zero-order valence-electron chi connectivity index (χ0n) is 11.9. The Hall–Kier alpha value is -2.82. The number of fused-ring (bicyclic) bond motifs is 1. The number of benzene rings is 1. The summed E-state index contributed by atoms with van der Waals surface area (Å²) in [5.41, 5.74) is 2.93. The van der Waals surface area contributed by atoms with Crippen LogP contribution in [-0.2, 0) is 13.0 Å². The van der Waals surface area contributed by atoms with E-state index < -0.39 is 0 Å². The highest BCUT2D eigenvalue weighted by molar-refractivity contribution is 5.54. The largest absolute Gasteiger partial charge is 0.508 e. The molecule has 1 aliphatic heterocycles. The van der Waals surface area contributed by atoms with Crippen molar-refractivity contribution in [2.45, 2.75) is 13.0 Å². The highest BCUT2D eigenvalue weighted by atomic mass is 16.3. The molecule has 4 rings (SSSR count). The zero-order chi connectivity index (χ0) is 14.9. The lowest BCUT2D eigenvalue weighted by atomic mass is 9.99. The molecule has 1 N–H and O–H groups in total. The minimum atomic E-state index is 0.377. The highest BCUT2D eigenvalue weighted by Gasteiger charge is 2.21. The van der Waals surface area contributed by atoms with Crippen LogP contribution in [0, 0.1) is 0 Å². The molecule has 0 aliphatic carbocycles. The molecule has 1 aromatic carbocycles. The number of anilines is 1. The van der Waals surface area contributed by atoms with Crippen molar-refractivity contribution < 1.29 is 9.52 Å². The quantitative estimate of drug-likeness (QED) is 0.787. The average Bonchev–Trinajstić information content (AvgIpc) is 3.09. The Labute approximate surface area is 127 Å². The van der Waals surface area contributed by atoms with Gasteiger partial charge in [-0.3, -0.25) is 0 Å². The van der Waals surface area contributed by atoms with E-state index in [-0.39, 0.29) is 0 Å². The first-order valence-corrected chi connectivity index (χ1v) is 7.23. The van der Waals surface area contributed by atoms with E-state index in [9.17, 15) is 5.11 Å². The van der Waals surface area contributed by atoms with Gasteiger partial charge in [0, 0.05) is 24.8 Å². The summed E-state index contributed by atoms with van der Waals surface area (Å²) >= 11 is 0. The van der Waals surface area contributed by atoms with Gasteiger partial charge in [0.2, 0.25) is 5.95 Å². The van der Waals surface area contributed by atoms with Gasteiger partial charge in [-0.2, -0.15) is 0 Å². The van der Waals surface area contributed by atoms with Gasteiger partial charge in [0.25, 0.3) is 0 Å². The van der Waals surface area contributed by atoms with E-state index in [4.69, 9.17) is 4.42 Å². The molecule has 0 bridgehead atoms. The minimum Gasteiger partial charge on any atom is -0.508 e. The van der Waals surface area contributed by atoms with Crippen LogP contribution in [0.3, 0.4) is 0 Å². The lowest BCUT2D eigenvalue weighted by Crippen LogP contribution is -2.31. The van der Waals surface area contributed by atoms with Gasteiger partial charge in [-0.25, -0.2) is 9.97 Å². The van der Waals surface area contributed by atoms with Gasteiger partial charge < -0.3 is 14.4 Å². The number of furan rings is 1. The van der Waals surface area contributed by atoms with Crippen molar-refractivity contribution >= 4 is 5.95 Å². The van der Waals surface area contributed by atoms with Crippen LogP contribution in [0.2, 0.25) is 0 Å². The summed E-state index contributed by atoms with van der Waals surface area (Å²) in [5.74, 6) is 1.80. The van der Waals surface area contributed by atoms with Crippen LogP contribution in [0.5, 0.6) is 5.75 Å². The molecule has 5 nitrogen and oxygen atoms in total. The van der Waals surface area contributed by atoms with Crippen molar-refractivity contribution in [3.63, 3.8) is 0 Å². The minimum absolute atomic E-state index is 0.377. The van der Waals surface area contributed by atoms with Gasteiger partial charge in [-0.1, -0.05) is 12.1 Å². The maximum Gasteiger partial charge on any atom is 0.226 e. The number of hydrogen-bond donors (Lipinski definition) is 1. The molecular weight excluding hydrogens is 278 g/mol. The molecule has 0 unspecified atom stereocenters. The number of aromatic nitrogens is 2. The Kier molecular flexibility index (Phi) is 3.04. The normalized spacial score (nSPS) is 13.9. The molecule has 22 heavy (non-hydrogen) atoms. The van der Waals surface area contributed by atoms with E-state index in [0.29, 0.717) is 18.2 Å². The maximum absolute atomic E-state index is 9.92. The summed E-state index contributed by atoms with van der Waals surface area (Å²) in [5, 5.41) is 9.92. The van der Waals surface area contributed by atoms with Crippen LogP contribution in [0.25, 0.3) is 11.5 Å². The van der Waals surface area contributed by atoms with Gasteiger partial charge in [0.1, 0.15) is 11.4 Å². The SMILES string of the molecule is Oc1cccc2c1CCN(c1nccc(-c3ccco3)n1)C2. The summed E-state index contributed by atoms with van der Waals surface area (Å²) < 4.78 is 5.39. The van der Waals surface area contributed by atoms with Crippen molar-refractivity contribution in [2.24, 2.45) is 0 Å². The molecule has 3 aromatic rings. The van der Waals surface area contributed by atoms with Gasteiger partial charge >= 0.3 is 0 Å². The summed E-state index contributed by atoms with van der Waals surface area (Å²) in [6, 6.07) is 11.2. The molecule has 3 heterocycles. The van der Waals surface area contributed by atoms with Crippen LogP contribution in [0.15, 0.2) is 53.3 Å². The summed E-state index contributed by atoms with van der Waals surface area (Å²) in [6.45, 7) is 1.48. The van der Waals surface area contributed by atoms with E-state index >= 15 is 0 Å². The molecule has 0 atom stereocenters. The molecule has 0 saturated carbocycles. The Balaban J connectivity index is 1.65. The lowest BCUT2D eigenvalue weighted by Gasteiger charge is -2.29. The second kappa shape index (κ2) is 5.18. The van der Waals surface area contributed by atoms with Crippen molar-refractivity contribution in [3.8, 4) is 17.2 Å². The molecule has 0 fully saturated rings. The fourth-order valence-corrected chi connectivity index (χ4v) is 2.82. The second-order valence-corrected chi connectivity index (χ2v) is 5.31. The topological polar surface area (TPSA) is 62.4 Å². The Morgan fingerprint density at radius 2 is 2.09 bits per heavy atom. The number of rotatable bonds is 2. The fraction of sp³-hybridized carbons (Fsp3) is 0.176. The third-order valence-electron chi connectivity index (χ3n) is 3.94. The first-order chi connectivity index (χ1) is 10.8. The van der Waals surface area contributed by atoms with Gasteiger partial charge in [0.05, 0.1) is 6.26 Å². The summed E-state index contributed by atoms with van der Waals surface area (Å²) in [7, 11) is 0. The molecular formula is C17H15N3O2. The van der Waals surface area contributed by atoms with Crippen LogP contribution >= 0.6 is 0 Å². The van der Waals surface area contributed by atoms with Crippen LogP contribution in [-0.4, -0.2) is 21.6 Å². The van der Waals surface area contributed by atoms with Crippen LogP contribution in [0.4, 0.5) is 5.95 Å². The number of nitrogens with zero attached hydrogens (tertiary/aromatic N) is 3. The molecule has 0 radical (unpaired) electrons. The molecule has 2 aromatic heterocycles. The Bertz CT molecular complexity index is 799. The zero-order valence-corrected chi connectivity index (χ0v) is 11.9. The molecule has 0 spiro atoms. The molecule has 1 aliphatic rings. The average molecular weight is 293 g/mol. The lowest BCUT2D eigenvalue weighted by molar-refractivity contribution is 0.464. The molecule has 0 saturated heterocycles. The standard InChI is InChI=1S/C17H15N3O2/c21-15-4-1-3-12-11-20(9-7-13(12)15)17-18-8-6-14(19-17)16-5-2-10-22-16/h1-6,8,10,21H,7,9,11H2. The van der Waals surface area contributed by atoms with Gasteiger partial charge in [-0.05, 0) is 36.2 Å². The van der Waals surface area contributed by atoms with E-state index in [1.807, 2.05) is 30.3 Å². The van der Waals surface area contributed by atoms with Crippen molar-refractivity contribution in [1.82, 2.24) is 9.97 Å².